The van der Waals surface area contributed by atoms with Gasteiger partial charge in [0.1, 0.15) is 11.6 Å². The van der Waals surface area contributed by atoms with Crippen molar-refractivity contribution in [2.24, 2.45) is 0 Å². The van der Waals surface area contributed by atoms with Crippen molar-refractivity contribution in [3.8, 4) is 0 Å². The monoisotopic (exact) mass is 232 g/mol. The van der Waals surface area contributed by atoms with Crippen LogP contribution in [0.3, 0.4) is 0 Å². The zero-order valence-electron chi connectivity index (χ0n) is 10.2. The number of nitrogens with zero attached hydrogens (tertiary/aromatic N) is 1. The molecular formula is C13H16N2O2. The summed E-state index contributed by atoms with van der Waals surface area (Å²) in [6.45, 7) is 3.43. The fourth-order valence-corrected chi connectivity index (χ4v) is 2.17. The van der Waals surface area contributed by atoms with Crippen molar-refractivity contribution in [2.75, 3.05) is 7.05 Å². The van der Waals surface area contributed by atoms with Gasteiger partial charge in [0.15, 0.2) is 0 Å². The molecule has 1 heterocycles. The van der Waals surface area contributed by atoms with Crippen LogP contribution in [-0.4, -0.2) is 29.3 Å². The van der Waals surface area contributed by atoms with Crippen molar-refractivity contribution < 1.29 is 9.59 Å². The highest BCUT2D eigenvalue weighted by Gasteiger charge is 2.43. The Bertz CT molecular complexity index is 454. The molecule has 2 rings (SSSR count). The normalized spacial score (nSPS) is 23.5. The minimum absolute atomic E-state index is 0.0778. The molecule has 1 aliphatic heterocycles. The molecule has 1 unspecified atom stereocenters. The van der Waals surface area contributed by atoms with E-state index in [1.807, 2.05) is 30.3 Å². The van der Waals surface area contributed by atoms with Crippen molar-refractivity contribution in [3.63, 3.8) is 0 Å². The lowest BCUT2D eigenvalue weighted by atomic mass is 9.94. The molecule has 1 saturated heterocycles. The van der Waals surface area contributed by atoms with Crippen molar-refractivity contribution in [1.82, 2.24) is 10.2 Å². The third kappa shape index (κ3) is 1.90. The molecule has 17 heavy (non-hydrogen) atoms. The number of amides is 2. The van der Waals surface area contributed by atoms with Crippen molar-refractivity contribution in [1.29, 1.82) is 0 Å². The number of piperazine rings is 1. The highest BCUT2D eigenvalue weighted by molar-refractivity contribution is 5.99. The maximum Gasteiger partial charge on any atom is 0.248 e. The summed E-state index contributed by atoms with van der Waals surface area (Å²) >= 11 is 0. The van der Waals surface area contributed by atoms with E-state index in [-0.39, 0.29) is 11.8 Å². The fourth-order valence-electron chi connectivity index (χ4n) is 2.17. The highest BCUT2D eigenvalue weighted by Crippen LogP contribution is 2.27. The number of likely N-dealkylation sites (N-methyl/N-ethyl adjacent to an activating group) is 1. The van der Waals surface area contributed by atoms with Gasteiger partial charge in [-0.25, -0.2) is 0 Å². The number of hydrogen-bond acceptors (Lipinski definition) is 2. The standard InChI is InChI=1S/C13H16N2O2/c1-13(2)12(17)15(3)10(11(16)14-13)9-7-5-4-6-8-9/h4-8,10H,1-3H3,(H,14,16). The van der Waals surface area contributed by atoms with E-state index < -0.39 is 11.6 Å². The Labute approximate surface area is 101 Å². The Hall–Kier alpha value is -1.84. The second kappa shape index (κ2) is 3.87. The SMILES string of the molecule is CN1C(=O)C(C)(C)NC(=O)C1c1ccccc1. The van der Waals surface area contributed by atoms with Crippen LogP contribution in [0.4, 0.5) is 0 Å². The average Bonchev–Trinajstić information content (AvgIpc) is 2.27. The van der Waals surface area contributed by atoms with E-state index in [0.717, 1.165) is 5.56 Å². The van der Waals surface area contributed by atoms with Crippen LogP contribution in [-0.2, 0) is 9.59 Å². The van der Waals surface area contributed by atoms with Crippen LogP contribution in [0.25, 0.3) is 0 Å². The van der Waals surface area contributed by atoms with Gasteiger partial charge in [0.25, 0.3) is 0 Å². The van der Waals surface area contributed by atoms with Crippen molar-refractivity contribution in [2.45, 2.75) is 25.4 Å². The highest BCUT2D eigenvalue weighted by atomic mass is 16.2. The maximum absolute atomic E-state index is 12.1. The quantitative estimate of drug-likeness (QED) is 0.788. The van der Waals surface area contributed by atoms with Gasteiger partial charge in [-0.2, -0.15) is 0 Å². The molecule has 1 aromatic carbocycles. The predicted octanol–water partition coefficient (Wildman–Crippen LogP) is 1.09. The maximum atomic E-state index is 12.1. The Balaban J connectivity index is 2.37. The van der Waals surface area contributed by atoms with Gasteiger partial charge in [-0.15, -0.1) is 0 Å². The summed E-state index contributed by atoms with van der Waals surface area (Å²) in [5.41, 5.74) is 0.00765. The zero-order valence-corrected chi connectivity index (χ0v) is 10.2. The van der Waals surface area contributed by atoms with Crippen LogP contribution in [0, 0.1) is 0 Å². The molecule has 0 radical (unpaired) electrons. The topological polar surface area (TPSA) is 49.4 Å². The molecule has 1 atom stereocenters. The van der Waals surface area contributed by atoms with Crippen molar-refractivity contribution >= 4 is 11.8 Å². The van der Waals surface area contributed by atoms with Crippen LogP contribution in [0.1, 0.15) is 25.5 Å². The molecule has 2 amide bonds. The summed E-state index contributed by atoms with van der Waals surface area (Å²) in [7, 11) is 1.67. The average molecular weight is 232 g/mol. The molecule has 0 spiro atoms. The lowest BCUT2D eigenvalue weighted by molar-refractivity contribution is -0.152. The second-order valence-corrected chi connectivity index (χ2v) is 4.84. The zero-order chi connectivity index (χ0) is 12.6. The van der Waals surface area contributed by atoms with Gasteiger partial charge in [-0.05, 0) is 19.4 Å². The number of rotatable bonds is 1. The number of carbonyl (C=O) groups excluding carboxylic acids is 2. The smallest absolute Gasteiger partial charge is 0.248 e. The first kappa shape index (κ1) is 11.6. The molecule has 0 bridgehead atoms. The summed E-state index contributed by atoms with van der Waals surface area (Å²) in [6.07, 6.45) is 0. The first-order chi connectivity index (χ1) is 7.93. The van der Waals surface area contributed by atoms with Crippen LogP contribution in [0.15, 0.2) is 30.3 Å². The van der Waals surface area contributed by atoms with Crippen LogP contribution in [0.2, 0.25) is 0 Å². The first-order valence-electron chi connectivity index (χ1n) is 5.58. The Morgan fingerprint density at radius 2 is 1.76 bits per heavy atom. The van der Waals surface area contributed by atoms with Gasteiger partial charge < -0.3 is 10.2 Å². The lowest BCUT2D eigenvalue weighted by Crippen LogP contribution is -2.63. The molecule has 4 heteroatoms. The molecule has 0 aliphatic carbocycles. The molecule has 4 nitrogen and oxygen atoms in total. The summed E-state index contributed by atoms with van der Waals surface area (Å²) in [5, 5.41) is 2.75. The third-order valence-electron chi connectivity index (χ3n) is 3.04. The predicted molar refractivity (Wildman–Crippen MR) is 64.2 cm³/mol. The van der Waals surface area contributed by atoms with Gasteiger partial charge >= 0.3 is 0 Å². The summed E-state index contributed by atoms with van der Waals surface area (Å²) < 4.78 is 0. The van der Waals surface area contributed by atoms with E-state index in [4.69, 9.17) is 0 Å². The second-order valence-electron chi connectivity index (χ2n) is 4.84. The molecule has 1 aliphatic rings. The fraction of sp³-hybridized carbons (Fsp3) is 0.385. The van der Waals surface area contributed by atoms with Crippen LogP contribution in [0.5, 0.6) is 0 Å². The van der Waals surface area contributed by atoms with Gasteiger partial charge in [0.05, 0.1) is 0 Å². The van der Waals surface area contributed by atoms with Gasteiger partial charge in [0, 0.05) is 7.05 Å². The number of hydrogen-bond donors (Lipinski definition) is 1. The number of benzene rings is 1. The number of carbonyl (C=O) groups is 2. The molecule has 1 N–H and O–H groups in total. The van der Waals surface area contributed by atoms with Crippen LogP contribution < -0.4 is 5.32 Å². The van der Waals surface area contributed by atoms with E-state index in [2.05, 4.69) is 5.32 Å². The number of nitrogens with one attached hydrogen (secondary N) is 1. The molecule has 90 valence electrons. The molecule has 1 aromatic rings. The molecule has 0 aromatic heterocycles. The third-order valence-corrected chi connectivity index (χ3v) is 3.04. The molecule has 0 saturated carbocycles. The van der Waals surface area contributed by atoms with Crippen LogP contribution >= 0.6 is 0 Å². The van der Waals surface area contributed by atoms with Crippen molar-refractivity contribution in [3.05, 3.63) is 35.9 Å². The van der Waals surface area contributed by atoms with E-state index in [9.17, 15) is 9.59 Å². The van der Waals surface area contributed by atoms with E-state index >= 15 is 0 Å². The Morgan fingerprint density at radius 3 is 2.35 bits per heavy atom. The first-order valence-corrected chi connectivity index (χ1v) is 5.58. The summed E-state index contributed by atoms with van der Waals surface area (Å²) in [5.74, 6) is -0.214. The molecule has 1 fully saturated rings. The summed E-state index contributed by atoms with van der Waals surface area (Å²) in [4.78, 5) is 25.7. The minimum Gasteiger partial charge on any atom is -0.340 e. The Kier molecular flexibility index (Phi) is 2.65. The van der Waals surface area contributed by atoms with E-state index in [0.29, 0.717) is 0 Å². The van der Waals surface area contributed by atoms with E-state index in [1.165, 1.54) is 4.90 Å². The van der Waals surface area contributed by atoms with Gasteiger partial charge in [0.2, 0.25) is 11.8 Å². The summed E-state index contributed by atoms with van der Waals surface area (Å²) in [6, 6.07) is 8.78. The largest absolute Gasteiger partial charge is 0.340 e. The minimum atomic E-state index is -0.822. The lowest BCUT2D eigenvalue weighted by Gasteiger charge is -2.40. The van der Waals surface area contributed by atoms with E-state index in [1.54, 1.807) is 20.9 Å². The van der Waals surface area contributed by atoms with Gasteiger partial charge in [-0.1, -0.05) is 30.3 Å². The Morgan fingerprint density at radius 1 is 1.18 bits per heavy atom. The molecular weight excluding hydrogens is 216 g/mol. The van der Waals surface area contributed by atoms with Gasteiger partial charge in [-0.3, -0.25) is 9.59 Å².